The molecule has 0 amide bonds. The molecule has 0 radical (unpaired) electrons. The molecule has 0 N–H and O–H groups in total. The van der Waals surface area contributed by atoms with Crippen molar-refractivity contribution in [3.63, 3.8) is 0 Å². The van der Waals surface area contributed by atoms with Crippen molar-refractivity contribution in [1.82, 2.24) is 0 Å². The van der Waals surface area contributed by atoms with E-state index in [1.807, 2.05) is 0 Å². The second kappa shape index (κ2) is 19.5. The zero-order valence-electron chi connectivity index (χ0n) is 10.9. The molecule has 0 saturated carbocycles. The van der Waals surface area contributed by atoms with E-state index < -0.39 is 0 Å². The van der Waals surface area contributed by atoms with Gasteiger partial charge in [-0.05, 0) is 0 Å². The Morgan fingerprint density at radius 2 is 1.07 bits per heavy atom. The van der Waals surface area contributed by atoms with Crippen LogP contribution in [0.5, 0.6) is 0 Å². The maximum absolute atomic E-state index is 5.06. The number of hydrogen-bond donors (Lipinski definition) is 0. The molecule has 0 spiro atoms. The van der Waals surface area contributed by atoms with E-state index in [2.05, 4.69) is 13.8 Å². The molecule has 0 fully saturated rings. The van der Waals surface area contributed by atoms with Crippen LogP contribution in [0.15, 0.2) is 0 Å². The molecule has 0 saturated heterocycles. The molecule has 0 aliphatic carbocycles. The van der Waals surface area contributed by atoms with E-state index in [-0.39, 0.29) is 0 Å². The lowest BCUT2D eigenvalue weighted by Gasteiger charge is -2.00. The Labute approximate surface area is 95.1 Å². The van der Waals surface area contributed by atoms with Crippen LogP contribution < -0.4 is 0 Å². The molecular weight excluding hydrogens is 192 g/mol. The van der Waals surface area contributed by atoms with E-state index in [9.17, 15) is 0 Å². The van der Waals surface area contributed by atoms with Gasteiger partial charge in [-0.2, -0.15) is 0 Å². The van der Waals surface area contributed by atoms with Gasteiger partial charge in [-0.25, -0.2) is 0 Å². The molecule has 0 aromatic rings. The van der Waals surface area contributed by atoms with Crippen LogP contribution in [0.1, 0.15) is 39.5 Å². The monoisotopic (exact) mass is 220 g/mol. The summed E-state index contributed by atoms with van der Waals surface area (Å²) in [4.78, 5) is 0. The first-order valence-corrected chi connectivity index (χ1v) is 5.89. The molecule has 0 unspecified atom stereocenters. The molecule has 0 aliphatic rings. The third-order valence-electron chi connectivity index (χ3n) is 1.82. The van der Waals surface area contributed by atoms with E-state index in [1.165, 1.54) is 25.7 Å². The highest BCUT2D eigenvalue weighted by Crippen LogP contribution is 1.95. The van der Waals surface area contributed by atoms with Crippen molar-refractivity contribution in [2.45, 2.75) is 39.5 Å². The topological polar surface area (TPSA) is 27.7 Å². The van der Waals surface area contributed by atoms with Crippen molar-refractivity contribution in [1.29, 1.82) is 0 Å². The van der Waals surface area contributed by atoms with Crippen LogP contribution in [-0.4, -0.2) is 40.6 Å². The summed E-state index contributed by atoms with van der Waals surface area (Å²) in [5.41, 5.74) is 0. The van der Waals surface area contributed by atoms with Gasteiger partial charge >= 0.3 is 0 Å². The van der Waals surface area contributed by atoms with E-state index in [4.69, 9.17) is 14.2 Å². The minimum absolute atomic E-state index is 0.653. The van der Waals surface area contributed by atoms with Gasteiger partial charge in [0.1, 0.15) is 0 Å². The predicted octanol–water partition coefficient (Wildman–Crippen LogP) is 2.88. The van der Waals surface area contributed by atoms with Gasteiger partial charge in [-0.3, -0.25) is 0 Å². The van der Waals surface area contributed by atoms with Gasteiger partial charge in [-0.1, -0.05) is 39.5 Å². The number of rotatable bonds is 9. The first-order chi connectivity index (χ1) is 7.33. The summed E-state index contributed by atoms with van der Waals surface area (Å²) in [6, 6.07) is 0. The maximum Gasteiger partial charge on any atom is 0.0701 e. The fourth-order valence-corrected chi connectivity index (χ4v) is 0.887. The fraction of sp³-hybridized carbons (Fsp3) is 1.00. The number of hydrogen-bond acceptors (Lipinski definition) is 3. The molecular formula is C12H28O3. The molecule has 0 aromatic heterocycles. The van der Waals surface area contributed by atoms with Gasteiger partial charge in [0.2, 0.25) is 0 Å². The van der Waals surface area contributed by atoms with Gasteiger partial charge in [0.25, 0.3) is 0 Å². The van der Waals surface area contributed by atoms with Gasteiger partial charge in [0, 0.05) is 14.2 Å². The van der Waals surface area contributed by atoms with Gasteiger partial charge in [0.15, 0.2) is 0 Å². The minimum Gasteiger partial charge on any atom is -0.382 e. The second-order valence-corrected chi connectivity index (χ2v) is 3.31. The Hall–Kier alpha value is -0.120. The van der Waals surface area contributed by atoms with Crippen LogP contribution in [0.3, 0.4) is 0 Å². The molecule has 0 aliphatic heterocycles. The maximum atomic E-state index is 5.06. The lowest BCUT2D eigenvalue weighted by Crippen LogP contribution is -2.06. The summed E-state index contributed by atoms with van der Waals surface area (Å²) in [6.45, 7) is 7.08. The summed E-state index contributed by atoms with van der Waals surface area (Å²) < 4.78 is 14.6. The Kier molecular flexibility index (Phi) is 22.4. The molecule has 3 heteroatoms. The van der Waals surface area contributed by atoms with Crippen molar-refractivity contribution < 1.29 is 14.2 Å². The van der Waals surface area contributed by atoms with Crippen LogP contribution in [0, 0.1) is 0 Å². The zero-order chi connectivity index (χ0) is 11.8. The van der Waals surface area contributed by atoms with Gasteiger partial charge < -0.3 is 14.2 Å². The number of ether oxygens (including phenoxy) is 3. The molecule has 0 aromatic carbocycles. The number of unbranched alkanes of at least 4 members (excludes halogenated alkanes) is 3. The lowest BCUT2D eigenvalue weighted by molar-refractivity contribution is 0.0385. The Bertz CT molecular complexity index is 76.9. The third-order valence-corrected chi connectivity index (χ3v) is 1.82. The van der Waals surface area contributed by atoms with Crippen LogP contribution in [0.4, 0.5) is 0 Å². The standard InChI is InChI=1S/C6H14O3.C6H14/c1-7-3-5-9-6-4-8-2;1-3-5-6-4-2/h3-6H2,1-2H3;3-6H2,1-2H3. The molecule has 0 heterocycles. The van der Waals surface area contributed by atoms with Crippen molar-refractivity contribution in [3.05, 3.63) is 0 Å². The van der Waals surface area contributed by atoms with E-state index >= 15 is 0 Å². The smallest absolute Gasteiger partial charge is 0.0701 e. The molecule has 0 atom stereocenters. The largest absolute Gasteiger partial charge is 0.382 e. The Morgan fingerprint density at radius 1 is 0.667 bits per heavy atom. The lowest BCUT2D eigenvalue weighted by atomic mass is 10.2. The number of methoxy groups -OCH3 is 2. The van der Waals surface area contributed by atoms with Crippen molar-refractivity contribution >= 4 is 0 Å². The average molecular weight is 220 g/mol. The van der Waals surface area contributed by atoms with Crippen LogP contribution in [0.2, 0.25) is 0 Å². The SMILES string of the molecule is CCCCCC.COCCOCCOC. The average Bonchev–Trinajstić information content (AvgIpc) is 2.27. The fourth-order valence-electron chi connectivity index (χ4n) is 0.887. The molecule has 94 valence electrons. The third kappa shape index (κ3) is 24.8. The Morgan fingerprint density at radius 3 is 1.33 bits per heavy atom. The normalized spacial score (nSPS) is 9.60. The summed E-state index contributed by atoms with van der Waals surface area (Å²) in [5, 5.41) is 0. The van der Waals surface area contributed by atoms with Gasteiger partial charge in [-0.15, -0.1) is 0 Å². The minimum atomic E-state index is 0.653. The van der Waals surface area contributed by atoms with Gasteiger partial charge in [0.05, 0.1) is 26.4 Å². The first kappa shape index (κ1) is 17.3. The summed E-state index contributed by atoms with van der Waals surface area (Å²) >= 11 is 0. The van der Waals surface area contributed by atoms with Crippen LogP contribution in [-0.2, 0) is 14.2 Å². The summed E-state index contributed by atoms with van der Waals surface area (Å²) in [6.07, 6.45) is 5.54. The predicted molar refractivity (Wildman–Crippen MR) is 64.4 cm³/mol. The van der Waals surface area contributed by atoms with E-state index in [0.717, 1.165) is 0 Å². The molecule has 3 nitrogen and oxygen atoms in total. The highest BCUT2D eigenvalue weighted by atomic mass is 16.5. The second-order valence-electron chi connectivity index (χ2n) is 3.31. The van der Waals surface area contributed by atoms with Crippen LogP contribution in [0.25, 0.3) is 0 Å². The van der Waals surface area contributed by atoms with Crippen LogP contribution >= 0.6 is 0 Å². The highest BCUT2D eigenvalue weighted by molar-refractivity contribution is 4.31. The summed E-state index contributed by atoms with van der Waals surface area (Å²) in [7, 11) is 3.30. The first-order valence-electron chi connectivity index (χ1n) is 5.89. The summed E-state index contributed by atoms with van der Waals surface area (Å²) in [5.74, 6) is 0. The molecule has 0 rings (SSSR count). The molecule has 0 bridgehead atoms. The quantitative estimate of drug-likeness (QED) is 0.559. The highest BCUT2D eigenvalue weighted by Gasteiger charge is 1.84. The van der Waals surface area contributed by atoms with Crippen molar-refractivity contribution in [2.75, 3.05) is 40.6 Å². The molecule has 15 heavy (non-hydrogen) atoms. The Balaban J connectivity index is 0. The van der Waals surface area contributed by atoms with E-state index in [1.54, 1.807) is 14.2 Å². The van der Waals surface area contributed by atoms with Crippen molar-refractivity contribution in [2.24, 2.45) is 0 Å². The van der Waals surface area contributed by atoms with Crippen molar-refractivity contribution in [3.8, 4) is 0 Å². The zero-order valence-corrected chi connectivity index (χ0v) is 10.9. The van der Waals surface area contributed by atoms with E-state index in [0.29, 0.717) is 26.4 Å².